The molecule has 0 aromatic rings. The summed E-state index contributed by atoms with van der Waals surface area (Å²) in [6, 6.07) is 0.864. The quantitative estimate of drug-likeness (QED) is 0.726. The maximum Gasteiger partial charge on any atom is 0.00684 e. The number of rotatable bonds is 8. The number of nitrogens with one attached hydrogen (secondary N) is 1. The molecule has 3 aliphatic carbocycles. The Morgan fingerprint density at radius 3 is 2.29 bits per heavy atom. The first-order chi connectivity index (χ1) is 10.2. The standard InChI is InChI=1S/C19H36N2/c1-3-21(13-17-5-4-6-17)15-19(14-20-18-7-8-18)11-9-16(2)10-12-19/h16-18,20H,3-15H2,1-2H3. The molecule has 0 heterocycles. The zero-order valence-corrected chi connectivity index (χ0v) is 14.4. The van der Waals surface area contributed by atoms with Crippen LogP contribution in [0.5, 0.6) is 0 Å². The van der Waals surface area contributed by atoms with E-state index in [1.54, 1.807) is 0 Å². The average Bonchev–Trinajstić information content (AvgIpc) is 3.26. The second kappa shape index (κ2) is 7.00. The van der Waals surface area contributed by atoms with Gasteiger partial charge in [0.15, 0.2) is 0 Å². The highest BCUT2D eigenvalue weighted by Gasteiger charge is 2.37. The summed E-state index contributed by atoms with van der Waals surface area (Å²) in [6.45, 7) is 10.1. The second-order valence-corrected chi connectivity index (χ2v) is 8.46. The lowest BCUT2D eigenvalue weighted by atomic mass is 9.70. The van der Waals surface area contributed by atoms with E-state index < -0.39 is 0 Å². The Kier molecular flexibility index (Phi) is 5.27. The van der Waals surface area contributed by atoms with E-state index in [2.05, 4.69) is 24.1 Å². The molecule has 3 fully saturated rings. The number of hydrogen-bond donors (Lipinski definition) is 1. The SMILES string of the molecule is CCN(CC1CCC1)CC1(CNC2CC2)CCC(C)CC1. The van der Waals surface area contributed by atoms with Crippen LogP contribution < -0.4 is 5.32 Å². The maximum absolute atomic E-state index is 3.87. The van der Waals surface area contributed by atoms with Crippen molar-refractivity contribution >= 4 is 0 Å². The van der Waals surface area contributed by atoms with Crippen LogP contribution in [0.15, 0.2) is 0 Å². The van der Waals surface area contributed by atoms with Gasteiger partial charge in [0.25, 0.3) is 0 Å². The van der Waals surface area contributed by atoms with Gasteiger partial charge in [0.05, 0.1) is 0 Å². The van der Waals surface area contributed by atoms with E-state index in [1.807, 2.05) is 0 Å². The first kappa shape index (κ1) is 15.8. The summed E-state index contributed by atoms with van der Waals surface area (Å²) < 4.78 is 0. The Balaban J connectivity index is 1.56. The second-order valence-electron chi connectivity index (χ2n) is 8.46. The summed E-state index contributed by atoms with van der Waals surface area (Å²) >= 11 is 0. The molecule has 0 bridgehead atoms. The molecule has 3 aliphatic rings. The van der Waals surface area contributed by atoms with Gasteiger partial charge in [0.2, 0.25) is 0 Å². The van der Waals surface area contributed by atoms with Crippen LogP contribution in [-0.4, -0.2) is 37.1 Å². The van der Waals surface area contributed by atoms with E-state index in [-0.39, 0.29) is 0 Å². The Morgan fingerprint density at radius 1 is 1.05 bits per heavy atom. The molecule has 21 heavy (non-hydrogen) atoms. The summed E-state index contributed by atoms with van der Waals surface area (Å²) in [6.07, 6.45) is 13.1. The highest BCUT2D eigenvalue weighted by atomic mass is 15.1. The van der Waals surface area contributed by atoms with Crippen LogP contribution in [0.2, 0.25) is 0 Å². The largest absolute Gasteiger partial charge is 0.313 e. The molecule has 0 aromatic heterocycles. The van der Waals surface area contributed by atoms with Crippen molar-refractivity contribution in [1.29, 1.82) is 0 Å². The van der Waals surface area contributed by atoms with E-state index in [1.165, 1.54) is 84.0 Å². The lowest BCUT2D eigenvalue weighted by molar-refractivity contribution is 0.0706. The predicted octanol–water partition coefficient (Wildman–Crippen LogP) is 4.06. The lowest BCUT2D eigenvalue weighted by Crippen LogP contribution is -2.48. The topological polar surface area (TPSA) is 15.3 Å². The first-order valence-corrected chi connectivity index (χ1v) is 9.65. The third kappa shape index (κ3) is 4.45. The van der Waals surface area contributed by atoms with Crippen LogP contribution in [0, 0.1) is 17.3 Å². The molecule has 0 spiro atoms. The summed E-state index contributed by atoms with van der Waals surface area (Å²) in [4.78, 5) is 2.79. The molecule has 0 amide bonds. The van der Waals surface area contributed by atoms with Gasteiger partial charge in [0, 0.05) is 25.7 Å². The third-order valence-electron chi connectivity index (χ3n) is 6.43. The van der Waals surface area contributed by atoms with Gasteiger partial charge in [-0.05, 0) is 62.3 Å². The fourth-order valence-electron chi connectivity index (χ4n) is 4.23. The van der Waals surface area contributed by atoms with Gasteiger partial charge in [-0.15, -0.1) is 0 Å². The zero-order chi connectivity index (χ0) is 14.7. The molecule has 0 unspecified atom stereocenters. The molecular weight excluding hydrogens is 256 g/mol. The zero-order valence-electron chi connectivity index (χ0n) is 14.4. The molecular formula is C19H36N2. The third-order valence-corrected chi connectivity index (χ3v) is 6.43. The van der Waals surface area contributed by atoms with Gasteiger partial charge in [-0.25, -0.2) is 0 Å². The van der Waals surface area contributed by atoms with Gasteiger partial charge >= 0.3 is 0 Å². The Morgan fingerprint density at radius 2 is 1.76 bits per heavy atom. The molecule has 3 rings (SSSR count). The Bertz CT molecular complexity index is 312. The minimum Gasteiger partial charge on any atom is -0.313 e. The average molecular weight is 293 g/mol. The first-order valence-electron chi connectivity index (χ1n) is 9.65. The smallest absolute Gasteiger partial charge is 0.00684 e. The molecule has 0 radical (unpaired) electrons. The molecule has 1 N–H and O–H groups in total. The van der Waals surface area contributed by atoms with Crippen molar-refractivity contribution in [3.8, 4) is 0 Å². The Hall–Kier alpha value is -0.0800. The van der Waals surface area contributed by atoms with Crippen molar-refractivity contribution < 1.29 is 0 Å². The van der Waals surface area contributed by atoms with Gasteiger partial charge in [0.1, 0.15) is 0 Å². The van der Waals surface area contributed by atoms with Gasteiger partial charge < -0.3 is 10.2 Å². The van der Waals surface area contributed by atoms with Crippen molar-refractivity contribution in [2.75, 3.05) is 26.2 Å². The monoisotopic (exact) mass is 292 g/mol. The Labute approximate surface area is 132 Å². The van der Waals surface area contributed by atoms with Crippen molar-refractivity contribution in [2.24, 2.45) is 17.3 Å². The number of nitrogens with zero attached hydrogens (tertiary/aromatic N) is 1. The van der Waals surface area contributed by atoms with Crippen LogP contribution >= 0.6 is 0 Å². The summed E-state index contributed by atoms with van der Waals surface area (Å²) in [7, 11) is 0. The minimum atomic E-state index is 0.578. The van der Waals surface area contributed by atoms with E-state index in [9.17, 15) is 0 Å². The van der Waals surface area contributed by atoms with Crippen LogP contribution in [-0.2, 0) is 0 Å². The fraction of sp³-hybridized carbons (Fsp3) is 1.00. The van der Waals surface area contributed by atoms with Crippen molar-refractivity contribution in [3.05, 3.63) is 0 Å². The van der Waals surface area contributed by atoms with E-state index in [0.29, 0.717) is 5.41 Å². The highest BCUT2D eigenvalue weighted by Crippen LogP contribution is 2.40. The minimum absolute atomic E-state index is 0.578. The molecule has 0 aromatic carbocycles. The summed E-state index contributed by atoms with van der Waals surface area (Å²) in [5, 5.41) is 3.87. The highest BCUT2D eigenvalue weighted by molar-refractivity contribution is 4.93. The van der Waals surface area contributed by atoms with E-state index in [4.69, 9.17) is 0 Å². The lowest BCUT2D eigenvalue weighted by Gasteiger charge is -2.44. The van der Waals surface area contributed by atoms with Crippen LogP contribution in [0.3, 0.4) is 0 Å². The van der Waals surface area contributed by atoms with Gasteiger partial charge in [-0.2, -0.15) is 0 Å². The maximum atomic E-state index is 3.87. The van der Waals surface area contributed by atoms with Crippen molar-refractivity contribution in [3.63, 3.8) is 0 Å². The summed E-state index contributed by atoms with van der Waals surface area (Å²) in [5.41, 5.74) is 0.578. The predicted molar refractivity (Wildman–Crippen MR) is 90.5 cm³/mol. The molecule has 0 saturated heterocycles. The summed E-state index contributed by atoms with van der Waals surface area (Å²) in [5.74, 6) is 1.97. The van der Waals surface area contributed by atoms with E-state index >= 15 is 0 Å². The van der Waals surface area contributed by atoms with Crippen LogP contribution in [0.1, 0.15) is 71.6 Å². The molecule has 3 saturated carbocycles. The molecule has 2 heteroatoms. The van der Waals surface area contributed by atoms with Crippen LogP contribution in [0.25, 0.3) is 0 Å². The molecule has 0 aliphatic heterocycles. The van der Waals surface area contributed by atoms with Crippen molar-refractivity contribution in [2.45, 2.75) is 77.7 Å². The van der Waals surface area contributed by atoms with Gasteiger partial charge in [-0.3, -0.25) is 0 Å². The molecule has 122 valence electrons. The van der Waals surface area contributed by atoms with E-state index in [0.717, 1.165) is 17.9 Å². The molecule has 0 atom stereocenters. The van der Waals surface area contributed by atoms with Crippen LogP contribution in [0.4, 0.5) is 0 Å². The fourth-order valence-corrected chi connectivity index (χ4v) is 4.23. The molecule has 2 nitrogen and oxygen atoms in total. The normalized spacial score (nSPS) is 34.1. The van der Waals surface area contributed by atoms with Gasteiger partial charge in [-0.1, -0.05) is 33.1 Å². The van der Waals surface area contributed by atoms with Crippen molar-refractivity contribution in [1.82, 2.24) is 10.2 Å². The number of hydrogen-bond acceptors (Lipinski definition) is 2.